The van der Waals surface area contributed by atoms with Crippen molar-refractivity contribution in [3.8, 4) is 0 Å². The molecule has 6 heteroatoms. The van der Waals surface area contributed by atoms with Crippen LogP contribution >= 0.6 is 11.1 Å². The maximum absolute atomic E-state index is 5.83. The van der Waals surface area contributed by atoms with Crippen molar-refractivity contribution < 1.29 is 13.6 Å². The van der Waals surface area contributed by atoms with Crippen molar-refractivity contribution in [2.24, 2.45) is 0 Å². The minimum atomic E-state index is -2.06. The van der Waals surface area contributed by atoms with Crippen molar-refractivity contribution in [3.05, 3.63) is 0 Å². The predicted molar refractivity (Wildman–Crippen MR) is 50.7 cm³/mol. The number of hydrogen-bond donors (Lipinski definition) is 0. The molecule has 0 aromatic carbocycles. The zero-order valence-electron chi connectivity index (χ0n) is 7.22. The highest BCUT2D eigenvalue weighted by atomic mass is 35.6. The van der Waals surface area contributed by atoms with Crippen molar-refractivity contribution in [2.45, 2.75) is 6.92 Å². The number of ether oxygens (including phenoxy) is 1. The summed E-state index contributed by atoms with van der Waals surface area (Å²) >= 11 is 5.83. The van der Waals surface area contributed by atoms with Gasteiger partial charge in [0.25, 0.3) is 0 Å². The van der Waals surface area contributed by atoms with E-state index in [0.29, 0.717) is 12.8 Å². The standard InChI is InChI=1S/C5H15ClO3Si2/c1-4-9-5-11(7-2,8-3)10-6/h4-5,10H2,1-3H3. The Labute approximate surface area is 75.5 Å². The Hall–Kier alpha value is 0.604. The first-order chi connectivity index (χ1) is 5.24. The Morgan fingerprint density at radius 3 is 2.18 bits per heavy atom. The molecule has 0 aliphatic rings. The third kappa shape index (κ3) is 3.68. The highest BCUT2D eigenvalue weighted by Gasteiger charge is 2.35. The third-order valence-corrected chi connectivity index (χ3v) is 11.2. The molecular weight excluding hydrogens is 200 g/mol. The lowest BCUT2D eigenvalue weighted by atomic mass is 10.9. The molecule has 0 aliphatic heterocycles. The molecule has 0 N–H and O–H groups in total. The summed E-state index contributed by atoms with van der Waals surface area (Å²) in [7, 11) is 0.472. The van der Waals surface area contributed by atoms with Crippen molar-refractivity contribution in [3.63, 3.8) is 0 Å². The first kappa shape index (κ1) is 11.6. The molecule has 0 fully saturated rings. The monoisotopic (exact) mass is 214 g/mol. The highest BCUT2D eigenvalue weighted by Crippen LogP contribution is 2.05. The van der Waals surface area contributed by atoms with Crippen LogP contribution in [-0.2, 0) is 13.6 Å². The molecule has 11 heavy (non-hydrogen) atoms. The van der Waals surface area contributed by atoms with E-state index in [-0.39, 0.29) is 0 Å². The minimum Gasteiger partial charge on any atom is -0.398 e. The van der Waals surface area contributed by atoms with E-state index in [0.717, 1.165) is 0 Å². The summed E-state index contributed by atoms with van der Waals surface area (Å²) < 4.78 is 15.8. The van der Waals surface area contributed by atoms with Crippen molar-refractivity contribution in [1.29, 1.82) is 0 Å². The smallest absolute Gasteiger partial charge is 0.353 e. The maximum Gasteiger partial charge on any atom is 0.353 e. The molecule has 0 heterocycles. The molecular formula is C5H15ClO3Si2. The molecule has 0 radical (unpaired) electrons. The predicted octanol–water partition coefficient (Wildman–Crippen LogP) is 0.116. The van der Waals surface area contributed by atoms with Crippen LogP contribution < -0.4 is 0 Å². The molecule has 3 nitrogen and oxygen atoms in total. The van der Waals surface area contributed by atoms with E-state index in [1.165, 1.54) is 0 Å². The Kier molecular flexibility index (Phi) is 6.49. The van der Waals surface area contributed by atoms with Crippen LogP contribution in [0.1, 0.15) is 6.92 Å². The van der Waals surface area contributed by atoms with Gasteiger partial charge >= 0.3 is 8.08 Å². The van der Waals surface area contributed by atoms with E-state index in [9.17, 15) is 0 Å². The largest absolute Gasteiger partial charge is 0.398 e. The quantitative estimate of drug-likeness (QED) is 0.465. The molecule has 0 unspecified atom stereocenters. The molecule has 0 amide bonds. The van der Waals surface area contributed by atoms with Crippen LogP contribution in [-0.4, -0.2) is 43.5 Å². The van der Waals surface area contributed by atoms with Crippen LogP contribution in [0.2, 0.25) is 0 Å². The summed E-state index contributed by atoms with van der Waals surface area (Å²) in [6, 6.07) is 0. The summed E-state index contributed by atoms with van der Waals surface area (Å²) in [5.74, 6) is 0. The lowest BCUT2D eigenvalue weighted by Gasteiger charge is -2.24. The van der Waals surface area contributed by atoms with Crippen molar-refractivity contribution >= 4 is 27.5 Å². The zero-order chi connectivity index (χ0) is 8.74. The molecule has 0 aromatic rings. The lowest BCUT2D eigenvalue weighted by molar-refractivity contribution is 0.144. The first-order valence-electron chi connectivity index (χ1n) is 3.48. The Balaban J connectivity index is 3.84. The van der Waals surface area contributed by atoms with Crippen LogP contribution in [0.15, 0.2) is 0 Å². The molecule has 68 valence electrons. The summed E-state index contributed by atoms with van der Waals surface area (Å²) in [4.78, 5) is 0. The Morgan fingerprint density at radius 2 is 1.91 bits per heavy atom. The molecule has 0 rings (SSSR count). The summed E-state index contributed by atoms with van der Waals surface area (Å²) in [6.45, 7) is 2.63. The van der Waals surface area contributed by atoms with Crippen LogP contribution in [0.3, 0.4) is 0 Å². The third-order valence-electron chi connectivity index (χ3n) is 1.47. The second kappa shape index (κ2) is 6.16. The molecule has 0 saturated carbocycles. The van der Waals surface area contributed by atoms with Gasteiger partial charge in [-0.2, -0.15) is 11.1 Å². The fraction of sp³-hybridized carbons (Fsp3) is 1.00. The summed E-state index contributed by atoms with van der Waals surface area (Å²) in [5.41, 5.74) is 0. The van der Waals surface area contributed by atoms with Gasteiger partial charge in [0.15, 0.2) is 8.35 Å². The average molecular weight is 215 g/mol. The van der Waals surface area contributed by atoms with E-state index in [2.05, 4.69) is 0 Å². The van der Waals surface area contributed by atoms with Gasteiger partial charge < -0.3 is 13.6 Å². The molecule has 0 aliphatic carbocycles. The SMILES string of the molecule is CCOC[Si](OC)(OC)[SiH2]Cl. The molecule has 0 spiro atoms. The number of rotatable bonds is 6. The second-order valence-electron chi connectivity index (χ2n) is 2.09. The van der Waals surface area contributed by atoms with Crippen LogP contribution in [0.5, 0.6) is 0 Å². The Bertz CT molecular complexity index is 91.5. The summed E-state index contributed by atoms with van der Waals surface area (Å²) in [5, 5.41) is 0. The normalized spacial score (nSPS) is 13.1. The zero-order valence-corrected chi connectivity index (χ0v) is 10.4. The van der Waals surface area contributed by atoms with Gasteiger partial charge in [0.2, 0.25) is 0 Å². The van der Waals surface area contributed by atoms with E-state index in [1.54, 1.807) is 14.2 Å². The van der Waals surface area contributed by atoms with Gasteiger partial charge in [-0.1, -0.05) is 0 Å². The average Bonchev–Trinajstić information content (AvgIpc) is 2.08. The Morgan fingerprint density at radius 1 is 1.36 bits per heavy atom. The topological polar surface area (TPSA) is 27.7 Å². The van der Waals surface area contributed by atoms with E-state index < -0.39 is 16.4 Å². The van der Waals surface area contributed by atoms with Crippen LogP contribution in [0.4, 0.5) is 0 Å². The minimum absolute atomic E-state index is 0.562. The first-order valence-corrected chi connectivity index (χ1v) is 9.97. The van der Waals surface area contributed by atoms with Crippen molar-refractivity contribution in [2.75, 3.05) is 27.1 Å². The fourth-order valence-corrected chi connectivity index (χ4v) is 5.80. The fourth-order valence-electron chi connectivity index (χ4n) is 0.606. The highest BCUT2D eigenvalue weighted by molar-refractivity contribution is 7.37. The van der Waals surface area contributed by atoms with Gasteiger partial charge in [-0.15, -0.1) is 0 Å². The van der Waals surface area contributed by atoms with Crippen molar-refractivity contribution in [1.82, 2.24) is 0 Å². The van der Waals surface area contributed by atoms with Gasteiger partial charge in [-0.05, 0) is 6.92 Å². The maximum atomic E-state index is 5.83. The van der Waals surface area contributed by atoms with E-state index >= 15 is 0 Å². The lowest BCUT2D eigenvalue weighted by Crippen LogP contribution is -2.50. The van der Waals surface area contributed by atoms with Crippen LogP contribution in [0.25, 0.3) is 0 Å². The molecule has 0 aromatic heterocycles. The summed E-state index contributed by atoms with van der Waals surface area (Å²) in [6.07, 6.45) is 0.562. The number of halogens is 1. The molecule has 0 atom stereocenters. The van der Waals surface area contributed by atoms with Gasteiger partial charge in [-0.3, -0.25) is 0 Å². The van der Waals surface area contributed by atoms with Crippen LogP contribution in [0, 0.1) is 0 Å². The van der Waals surface area contributed by atoms with Gasteiger partial charge in [0.05, 0.1) is 6.23 Å². The van der Waals surface area contributed by atoms with Gasteiger partial charge in [0, 0.05) is 20.8 Å². The molecule has 0 saturated heterocycles. The number of hydrogen-bond acceptors (Lipinski definition) is 3. The van der Waals surface area contributed by atoms with E-state index in [1.807, 2.05) is 6.92 Å². The van der Waals surface area contributed by atoms with E-state index in [4.69, 9.17) is 24.7 Å². The molecule has 0 bridgehead atoms. The van der Waals surface area contributed by atoms with Gasteiger partial charge in [0.1, 0.15) is 0 Å². The van der Waals surface area contributed by atoms with Gasteiger partial charge in [-0.25, -0.2) is 0 Å². The second-order valence-corrected chi connectivity index (χ2v) is 11.7.